The second kappa shape index (κ2) is 6.56. The van der Waals surface area contributed by atoms with E-state index in [1.165, 1.54) is 12.3 Å². The Kier molecular flexibility index (Phi) is 5.33. The standard InChI is InChI=1S/C14H19NO4S/c1-11-10-12(5-7-14(16)17)4-6-13(11)15(2)8-9-20(3,18)19/h4-7,10H,8-9H2,1-3H3,(H,16,17). The van der Waals surface area contributed by atoms with Gasteiger partial charge in [0.15, 0.2) is 0 Å². The number of anilines is 1. The van der Waals surface area contributed by atoms with E-state index in [0.29, 0.717) is 6.54 Å². The molecule has 5 nitrogen and oxygen atoms in total. The van der Waals surface area contributed by atoms with E-state index >= 15 is 0 Å². The van der Waals surface area contributed by atoms with E-state index in [1.807, 2.05) is 31.0 Å². The molecular weight excluding hydrogens is 278 g/mol. The number of benzene rings is 1. The third-order valence-corrected chi connectivity index (χ3v) is 3.77. The maximum atomic E-state index is 11.2. The van der Waals surface area contributed by atoms with Gasteiger partial charge in [0.05, 0.1) is 5.75 Å². The molecule has 1 aromatic carbocycles. The molecule has 1 rings (SSSR count). The summed E-state index contributed by atoms with van der Waals surface area (Å²) in [6, 6.07) is 5.53. The lowest BCUT2D eigenvalue weighted by Gasteiger charge is -2.21. The number of carboxylic acids is 1. The average Bonchev–Trinajstić information content (AvgIpc) is 2.32. The third kappa shape index (κ3) is 5.44. The van der Waals surface area contributed by atoms with Gasteiger partial charge in [-0.05, 0) is 36.3 Å². The fraction of sp³-hybridized carbons (Fsp3) is 0.357. The van der Waals surface area contributed by atoms with Crippen LogP contribution < -0.4 is 4.90 Å². The van der Waals surface area contributed by atoms with Crippen LogP contribution in [0.1, 0.15) is 11.1 Å². The molecule has 0 amide bonds. The smallest absolute Gasteiger partial charge is 0.328 e. The zero-order chi connectivity index (χ0) is 15.3. The van der Waals surface area contributed by atoms with E-state index in [-0.39, 0.29) is 5.75 Å². The molecule has 20 heavy (non-hydrogen) atoms. The van der Waals surface area contributed by atoms with Gasteiger partial charge >= 0.3 is 5.97 Å². The largest absolute Gasteiger partial charge is 0.478 e. The van der Waals surface area contributed by atoms with Crippen LogP contribution in [0.5, 0.6) is 0 Å². The fourth-order valence-electron chi connectivity index (χ4n) is 1.80. The van der Waals surface area contributed by atoms with Crippen molar-refractivity contribution in [2.45, 2.75) is 6.92 Å². The highest BCUT2D eigenvalue weighted by Gasteiger charge is 2.08. The Labute approximate surface area is 119 Å². The number of hydrogen-bond donors (Lipinski definition) is 1. The van der Waals surface area contributed by atoms with Crippen LogP contribution in [0, 0.1) is 6.92 Å². The van der Waals surface area contributed by atoms with E-state index in [0.717, 1.165) is 22.9 Å². The van der Waals surface area contributed by atoms with Gasteiger partial charge in [-0.2, -0.15) is 0 Å². The minimum absolute atomic E-state index is 0.101. The van der Waals surface area contributed by atoms with E-state index in [2.05, 4.69) is 0 Å². The molecule has 0 aliphatic carbocycles. The first-order valence-electron chi connectivity index (χ1n) is 6.09. The van der Waals surface area contributed by atoms with Crippen molar-refractivity contribution in [3.05, 3.63) is 35.4 Å². The van der Waals surface area contributed by atoms with Crippen LogP contribution in [0.3, 0.4) is 0 Å². The van der Waals surface area contributed by atoms with Crippen molar-refractivity contribution in [2.75, 3.05) is 30.5 Å². The molecule has 0 atom stereocenters. The quantitative estimate of drug-likeness (QED) is 0.807. The van der Waals surface area contributed by atoms with Crippen molar-refractivity contribution in [3.63, 3.8) is 0 Å². The molecule has 0 saturated carbocycles. The van der Waals surface area contributed by atoms with Gasteiger partial charge in [0, 0.05) is 31.6 Å². The number of carboxylic acid groups (broad SMARTS) is 1. The molecule has 0 aliphatic heterocycles. The van der Waals surface area contributed by atoms with Crippen molar-refractivity contribution in [1.29, 1.82) is 0 Å². The van der Waals surface area contributed by atoms with Crippen LogP contribution >= 0.6 is 0 Å². The molecule has 0 aromatic heterocycles. The van der Waals surface area contributed by atoms with E-state index in [1.54, 1.807) is 6.07 Å². The van der Waals surface area contributed by atoms with Gasteiger partial charge in [0.25, 0.3) is 0 Å². The Hall–Kier alpha value is -1.82. The van der Waals surface area contributed by atoms with Gasteiger partial charge in [-0.1, -0.05) is 6.07 Å². The van der Waals surface area contributed by atoms with Crippen molar-refractivity contribution in [1.82, 2.24) is 0 Å². The molecule has 0 radical (unpaired) electrons. The minimum Gasteiger partial charge on any atom is -0.478 e. The molecule has 110 valence electrons. The van der Waals surface area contributed by atoms with Crippen LogP contribution in [0.15, 0.2) is 24.3 Å². The summed E-state index contributed by atoms with van der Waals surface area (Å²) in [5.41, 5.74) is 2.69. The van der Waals surface area contributed by atoms with Gasteiger partial charge in [0.2, 0.25) is 0 Å². The highest BCUT2D eigenvalue weighted by atomic mass is 32.2. The fourth-order valence-corrected chi connectivity index (χ4v) is 2.41. The second-order valence-electron chi connectivity index (χ2n) is 4.77. The molecule has 0 unspecified atom stereocenters. The van der Waals surface area contributed by atoms with E-state index in [9.17, 15) is 13.2 Å². The Morgan fingerprint density at radius 1 is 1.40 bits per heavy atom. The molecule has 1 aromatic rings. The summed E-state index contributed by atoms with van der Waals surface area (Å²) in [7, 11) is -1.15. The maximum absolute atomic E-state index is 11.2. The zero-order valence-electron chi connectivity index (χ0n) is 11.8. The predicted molar refractivity (Wildman–Crippen MR) is 80.8 cm³/mol. The van der Waals surface area contributed by atoms with Gasteiger partial charge in [-0.25, -0.2) is 13.2 Å². The Bertz CT molecular complexity index is 620. The molecular formula is C14H19NO4S. The van der Waals surface area contributed by atoms with Gasteiger partial charge in [-0.3, -0.25) is 0 Å². The van der Waals surface area contributed by atoms with Gasteiger partial charge in [-0.15, -0.1) is 0 Å². The summed E-state index contributed by atoms with van der Waals surface area (Å²) < 4.78 is 22.3. The number of carbonyl (C=O) groups is 1. The Morgan fingerprint density at radius 2 is 2.05 bits per heavy atom. The first kappa shape index (κ1) is 16.2. The molecule has 6 heteroatoms. The molecule has 1 N–H and O–H groups in total. The number of aryl methyl sites for hydroxylation is 1. The predicted octanol–water partition coefficient (Wildman–Crippen LogP) is 1.57. The summed E-state index contributed by atoms with van der Waals surface area (Å²) in [6.45, 7) is 2.33. The highest BCUT2D eigenvalue weighted by Crippen LogP contribution is 2.20. The van der Waals surface area contributed by atoms with Crippen LogP contribution in [-0.4, -0.2) is 45.1 Å². The van der Waals surface area contributed by atoms with Crippen molar-refractivity contribution in [3.8, 4) is 0 Å². The third-order valence-electron chi connectivity index (χ3n) is 2.85. The normalized spacial score (nSPS) is 11.8. The van der Waals surface area contributed by atoms with Gasteiger partial charge < -0.3 is 10.0 Å². The van der Waals surface area contributed by atoms with E-state index < -0.39 is 15.8 Å². The first-order chi connectivity index (χ1) is 9.19. The van der Waals surface area contributed by atoms with Crippen LogP contribution in [-0.2, 0) is 14.6 Å². The van der Waals surface area contributed by atoms with Crippen molar-refractivity contribution < 1.29 is 18.3 Å². The molecule has 0 bridgehead atoms. The number of rotatable bonds is 6. The van der Waals surface area contributed by atoms with Crippen LogP contribution in [0.2, 0.25) is 0 Å². The molecule has 0 saturated heterocycles. The van der Waals surface area contributed by atoms with E-state index in [4.69, 9.17) is 5.11 Å². The molecule has 0 fully saturated rings. The van der Waals surface area contributed by atoms with Crippen molar-refractivity contribution >= 4 is 27.6 Å². The average molecular weight is 297 g/mol. The minimum atomic E-state index is -2.98. The zero-order valence-corrected chi connectivity index (χ0v) is 12.6. The molecule has 0 aliphatic rings. The maximum Gasteiger partial charge on any atom is 0.328 e. The number of sulfone groups is 1. The number of nitrogens with zero attached hydrogens (tertiary/aromatic N) is 1. The SMILES string of the molecule is Cc1cc(C=CC(=O)O)ccc1N(C)CCS(C)(=O)=O. The highest BCUT2D eigenvalue weighted by molar-refractivity contribution is 7.90. The summed E-state index contributed by atoms with van der Waals surface area (Å²) in [5, 5.41) is 8.58. The number of hydrogen-bond acceptors (Lipinski definition) is 4. The Balaban J connectivity index is 2.84. The molecule has 0 spiro atoms. The first-order valence-corrected chi connectivity index (χ1v) is 8.15. The lowest BCUT2D eigenvalue weighted by Crippen LogP contribution is -2.25. The Morgan fingerprint density at radius 3 is 2.55 bits per heavy atom. The summed E-state index contributed by atoms with van der Waals surface area (Å²) >= 11 is 0. The topological polar surface area (TPSA) is 74.7 Å². The monoisotopic (exact) mass is 297 g/mol. The lowest BCUT2D eigenvalue weighted by atomic mass is 10.1. The van der Waals surface area contributed by atoms with Crippen molar-refractivity contribution in [2.24, 2.45) is 0 Å². The number of aliphatic carboxylic acids is 1. The summed E-state index contributed by atoms with van der Waals surface area (Å²) in [6.07, 6.45) is 3.82. The summed E-state index contributed by atoms with van der Waals surface area (Å²) in [5.74, 6) is -0.888. The summed E-state index contributed by atoms with van der Waals surface area (Å²) in [4.78, 5) is 12.3. The van der Waals surface area contributed by atoms with Gasteiger partial charge in [0.1, 0.15) is 9.84 Å². The lowest BCUT2D eigenvalue weighted by molar-refractivity contribution is -0.131. The van der Waals surface area contributed by atoms with Crippen LogP contribution in [0.25, 0.3) is 6.08 Å². The van der Waals surface area contributed by atoms with Crippen LogP contribution in [0.4, 0.5) is 5.69 Å². The second-order valence-corrected chi connectivity index (χ2v) is 7.03. The molecule has 0 heterocycles.